The number of anilines is 1. The minimum atomic E-state index is -0.469. The molecule has 2 aliphatic heterocycles. The number of ether oxygens (including phenoxy) is 1. The minimum Gasteiger partial charge on any atom is -0.447 e. The lowest BCUT2D eigenvalue weighted by molar-refractivity contribution is -0.0151. The molecule has 0 aliphatic carbocycles. The fourth-order valence-corrected chi connectivity index (χ4v) is 4.43. The van der Waals surface area contributed by atoms with Crippen LogP contribution in [0, 0.1) is 0 Å². The molecule has 0 spiro atoms. The summed E-state index contributed by atoms with van der Waals surface area (Å²) < 4.78 is 11.1. The highest BCUT2D eigenvalue weighted by atomic mass is 16.5. The maximum Gasteiger partial charge on any atom is 0.275 e. The lowest BCUT2D eigenvalue weighted by Crippen LogP contribution is -2.49. The Hall–Kier alpha value is -2.46. The van der Waals surface area contributed by atoms with Crippen molar-refractivity contribution in [3.63, 3.8) is 0 Å². The van der Waals surface area contributed by atoms with Crippen molar-refractivity contribution in [2.75, 3.05) is 70.4 Å². The van der Waals surface area contributed by atoms with Gasteiger partial charge in [-0.1, -0.05) is 18.2 Å². The molecular weight excluding hydrogens is 434 g/mol. The summed E-state index contributed by atoms with van der Waals surface area (Å²) in [4.78, 5) is 26.1. The minimum absolute atomic E-state index is 0.0647. The van der Waals surface area contributed by atoms with Gasteiger partial charge in [-0.15, -0.1) is 0 Å². The Morgan fingerprint density at radius 3 is 2.38 bits per heavy atom. The smallest absolute Gasteiger partial charge is 0.275 e. The molecule has 2 aromatic rings. The van der Waals surface area contributed by atoms with Crippen LogP contribution in [0.5, 0.6) is 0 Å². The molecular formula is C25H37N5O4. The van der Waals surface area contributed by atoms with Crippen LogP contribution in [0.1, 0.15) is 30.2 Å². The van der Waals surface area contributed by atoms with E-state index in [1.54, 1.807) is 0 Å². The fourth-order valence-electron chi connectivity index (χ4n) is 4.43. The number of nitrogens with zero attached hydrogens (tertiary/aromatic N) is 5. The standard InChI is InChI=1S/C25H37N5O4/c1-20(2)33-18-22(31)16-27-8-10-28(11-9-27)17-24-26-23(19-34-24)25(32)30-14-12-29(13-15-30)21-6-4-3-5-7-21/h3-7,19-20,22,31H,8-18H2,1-2H3/t22-/m1/s1. The van der Waals surface area contributed by atoms with Crippen molar-refractivity contribution in [1.29, 1.82) is 0 Å². The molecule has 9 heteroatoms. The van der Waals surface area contributed by atoms with E-state index in [1.165, 1.54) is 12.0 Å². The molecule has 1 N–H and O–H groups in total. The van der Waals surface area contributed by atoms with E-state index in [-0.39, 0.29) is 12.0 Å². The molecule has 0 unspecified atom stereocenters. The number of benzene rings is 1. The molecule has 2 saturated heterocycles. The lowest BCUT2D eigenvalue weighted by Gasteiger charge is -2.35. The van der Waals surface area contributed by atoms with E-state index in [0.29, 0.717) is 44.4 Å². The normalized spacial score (nSPS) is 19.1. The first kappa shape index (κ1) is 24.7. The predicted octanol–water partition coefficient (Wildman–Crippen LogP) is 1.54. The van der Waals surface area contributed by atoms with Crippen LogP contribution in [0.4, 0.5) is 5.69 Å². The van der Waals surface area contributed by atoms with Gasteiger partial charge in [0.1, 0.15) is 6.26 Å². The highest BCUT2D eigenvalue weighted by molar-refractivity contribution is 5.92. The van der Waals surface area contributed by atoms with Gasteiger partial charge in [-0.05, 0) is 26.0 Å². The molecule has 3 heterocycles. The third kappa shape index (κ3) is 6.79. The zero-order valence-corrected chi connectivity index (χ0v) is 20.3. The van der Waals surface area contributed by atoms with E-state index >= 15 is 0 Å². The van der Waals surface area contributed by atoms with Gasteiger partial charge in [0.15, 0.2) is 5.69 Å². The predicted molar refractivity (Wildman–Crippen MR) is 130 cm³/mol. The molecule has 186 valence electrons. The number of carbonyl (C=O) groups excluding carboxylic acids is 1. The van der Waals surface area contributed by atoms with Crippen LogP contribution in [-0.4, -0.2) is 108 Å². The van der Waals surface area contributed by atoms with E-state index < -0.39 is 6.10 Å². The largest absolute Gasteiger partial charge is 0.447 e. The highest BCUT2D eigenvalue weighted by Crippen LogP contribution is 2.17. The van der Waals surface area contributed by atoms with Crippen LogP contribution >= 0.6 is 0 Å². The van der Waals surface area contributed by atoms with E-state index in [4.69, 9.17) is 9.15 Å². The summed E-state index contributed by atoms with van der Waals surface area (Å²) in [5, 5.41) is 10.1. The van der Waals surface area contributed by atoms with Crippen molar-refractivity contribution in [2.24, 2.45) is 0 Å². The summed E-state index contributed by atoms with van der Waals surface area (Å²) in [7, 11) is 0. The van der Waals surface area contributed by atoms with Crippen molar-refractivity contribution in [2.45, 2.75) is 32.6 Å². The molecule has 0 bridgehead atoms. The fraction of sp³-hybridized carbons (Fsp3) is 0.600. The first-order valence-electron chi connectivity index (χ1n) is 12.3. The van der Waals surface area contributed by atoms with Gasteiger partial charge in [0.2, 0.25) is 5.89 Å². The topological polar surface area (TPSA) is 85.5 Å². The maximum absolute atomic E-state index is 12.9. The average Bonchev–Trinajstić information content (AvgIpc) is 3.32. The van der Waals surface area contributed by atoms with Gasteiger partial charge in [0.25, 0.3) is 5.91 Å². The van der Waals surface area contributed by atoms with Crippen LogP contribution < -0.4 is 4.90 Å². The third-order valence-electron chi connectivity index (χ3n) is 6.37. The monoisotopic (exact) mass is 471 g/mol. The molecule has 2 aliphatic rings. The number of hydrogen-bond donors (Lipinski definition) is 1. The number of hydrogen-bond acceptors (Lipinski definition) is 8. The van der Waals surface area contributed by atoms with Gasteiger partial charge in [0, 0.05) is 64.6 Å². The molecule has 34 heavy (non-hydrogen) atoms. The second kappa shape index (κ2) is 11.8. The number of carbonyl (C=O) groups is 1. The first-order valence-corrected chi connectivity index (χ1v) is 12.3. The van der Waals surface area contributed by atoms with Crippen LogP contribution in [0.15, 0.2) is 41.0 Å². The number of aromatic nitrogens is 1. The summed E-state index contributed by atoms with van der Waals surface area (Å²) in [6.07, 6.45) is 1.15. The highest BCUT2D eigenvalue weighted by Gasteiger charge is 2.26. The number of aliphatic hydroxyl groups is 1. The van der Waals surface area contributed by atoms with Crippen LogP contribution in [0.2, 0.25) is 0 Å². The van der Waals surface area contributed by atoms with Gasteiger partial charge >= 0.3 is 0 Å². The first-order chi connectivity index (χ1) is 16.5. The average molecular weight is 472 g/mol. The van der Waals surface area contributed by atoms with Crippen molar-refractivity contribution in [3.8, 4) is 0 Å². The van der Waals surface area contributed by atoms with Gasteiger partial charge in [0.05, 0.1) is 25.4 Å². The van der Waals surface area contributed by atoms with E-state index in [0.717, 1.165) is 39.3 Å². The van der Waals surface area contributed by atoms with E-state index in [9.17, 15) is 9.90 Å². The number of aliphatic hydroxyl groups excluding tert-OH is 1. The summed E-state index contributed by atoms with van der Waals surface area (Å²) in [5.41, 5.74) is 1.58. The summed E-state index contributed by atoms with van der Waals surface area (Å²) in [5.74, 6) is 0.509. The van der Waals surface area contributed by atoms with Crippen LogP contribution in [-0.2, 0) is 11.3 Å². The zero-order valence-electron chi connectivity index (χ0n) is 20.3. The van der Waals surface area contributed by atoms with Crippen molar-refractivity contribution < 1.29 is 19.1 Å². The Balaban J connectivity index is 1.19. The maximum atomic E-state index is 12.9. The molecule has 9 nitrogen and oxygen atoms in total. The zero-order chi connectivity index (χ0) is 23.9. The van der Waals surface area contributed by atoms with Crippen molar-refractivity contribution in [1.82, 2.24) is 19.7 Å². The Labute approximate surface area is 201 Å². The molecule has 1 aromatic carbocycles. The summed E-state index contributed by atoms with van der Waals surface area (Å²) >= 11 is 0. The molecule has 1 atom stereocenters. The SMILES string of the molecule is CC(C)OC[C@H](O)CN1CCN(Cc2nc(C(=O)N3CCN(c4ccccc4)CC3)co2)CC1. The third-order valence-corrected chi connectivity index (χ3v) is 6.37. The second-order valence-corrected chi connectivity index (χ2v) is 9.35. The number of β-amino-alcohol motifs (C(OH)–C–C–N with tert-alkyl or cyclic N) is 1. The van der Waals surface area contributed by atoms with Crippen molar-refractivity contribution in [3.05, 3.63) is 48.2 Å². The second-order valence-electron chi connectivity index (χ2n) is 9.35. The number of piperazine rings is 2. The Bertz CT molecular complexity index is 890. The van der Waals surface area contributed by atoms with Gasteiger partial charge in [-0.25, -0.2) is 4.98 Å². The van der Waals surface area contributed by atoms with Crippen LogP contribution in [0.25, 0.3) is 0 Å². The molecule has 4 rings (SSSR count). The van der Waals surface area contributed by atoms with E-state index in [1.807, 2.05) is 36.9 Å². The number of amides is 1. The molecule has 2 fully saturated rings. The quantitative estimate of drug-likeness (QED) is 0.590. The van der Waals surface area contributed by atoms with Gasteiger partial charge < -0.3 is 24.1 Å². The van der Waals surface area contributed by atoms with Gasteiger partial charge in [-0.2, -0.15) is 0 Å². The van der Waals surface area contributed by atoms with Gasteiger partial charge in [-0.3, -0.25) is 14.6 Å². The molecule has 1 amide bonds. The number of oxazole rings is 1. The summed E-state index contributed by atoms with van der Waals surface area (Å²) in [6, 6.07) is 10.3. The van der Waals surface area contributed by atoms with E-state index in [2.05, 4.69) is 31.8 Å². The Kier molecular flexibility index (Phi) is 8.55. The molecule has 0 radical (unpaired) electrons. The summed E-state index contributed by atoms with van der Waals surface area (Å²) in [6.45, 7) is 12.0. The number of para-hydroxylation sites is 1. The number of rotatable bonds is 9. The van der Waals surface area contributed by atoms with Crippen LogP contribution in [0.3, 0.4) is 0 Å². The van der Waals surface area contributed by atoms with Crippen molar-refractivity contribution >= 4 is 11.6 Å². The molecule has 0 saturated carbocycles. The molecule has 1 aromatic heterocycles. The lowest BCUT2D eigenvalue weighted by atomic mass is 10.2. The Morgan fingerprint density at radius 2 is 1.71 bits per heavy atom. The Morgan fingerprint density at radius 1 is 1.03 bits per heavy atom.